The Bertz CT molecular complexity index is 898. The van der Waals surface area contributed by atoms with Crippen molar-refractivity contribution in [2.24, 2.45) is 0 Å². The lowest BCUT2D eigenvalue weighted by Gasteiger charge is -2.25. The SMILES string of the molecule is CCCCCC/C=C\C/C=C\CCCCCCCCCC(=O)OC(COC(=O)CCCCCCCCCC)COC(OCC[N+](C)(C)C)C(=O)O. The molecule has 1 N–H and O–H groups in total. The van der Waals surface area contributed by atoms with Crippen LogP contribution in [-0.2, 0) is 33.3 Å². The number of carboxylic acids is 1. The van der Waals surface area contributed by atoms with Crippen LogP contribution in [0.5, 0.6) is 0 Å². The van der Waals surface area contributed by atoms with Crippen LogP contribution >= 0.6 is 0 Å². The molecule has 0 aromatic carbocycles. The highest BCUT2D eigenvalue weighted by Crippen LogP contribution is 2.13. The maximum Gasteiger partial charge on any atom is 0.361 e. The predicted molar refractivity (Wildman–Crippen MR) is 208 cm³/mol. The first-order valence-corrected chi connectivity index (χ1v) is 20.5. The Balaban J connectivity index is 4.43. The van der Waals surface area contributed by atoms with Crippen molar-refractivity contribution in [2.45, 2.75) is 180 Å². The van der Waals surface area contributed by atoms with E-state index in [1.165, 1.54) is 83.5 Å². The molecule has 0 fully saturated rings. The summed E-state index contributed by atoms with van der Waals surface area (Å²) in [5.74, 6) is -2.02. The fourth-order valence-electron chi connectivity index (χ4n) is 5.45. The van der Waals surface area contributed by atoms with E-state index < -0.39 is 24.3 Å². The van der Waals surface area contributed by atoms with Gasteiger partial charge in [0, 0.05) is 12.8 Å². The average molecular weight is 725 g/mol. The number of carbonyl (C=O) groups excluding carboxylic acids is 2. The van der Waals surface area contributed by atoms with Gasteiger partial charge in [-0.1, -0.05) is 134 Å². The number of hydrogen-bond acceptors (Lipinski definition) is 7. The first-order chi connectivity index (χ1) is 24.6. The van der Waals surface area contributed by atoms with Gasteiger partial charge in [0.25, 0.3) is 6.29 Å². The van der Waals surface area contributed by atoms with Crippen LogP contribution in [0, 0.1) is 0 Å². The summed E-state index contributed by atoms with van der Waals surface area (Å²) in [6.45, 7) is 4.80. The van der Waals surface area contributed by atoms with Crippen LogP contribution in [0.25, 0.3) is 0 Å². The molecule has 0 spiro atoms. The number of nitrogens with zero attached hydrogens (tertiary/aromatic N) is 1. The molecule has 0 aliphatic carbocycles. The predicted octanol–water partition coefficient (Wildman–Crippen LogP) is 10.1. The summed E-state index contributed by atoms with van der Waals surface area (Å²) in [5, 5.41) is 9.58. The highest BCUT2D eigenvalue weighted by molar-refractivity contribution is 5.71. The molecule has 9 heteroatoms. The van der Waals surface area contributed by atoms with Crippen LogP contribution in [0.15, 0.2) is 24.3 Å². The molecule has 9 nitrogen and oxygen atoms in total. The average Bonchev–Trinajstić information content (AvgIpc) is 3.08. The fraction of sp³-hybridized carbons (Fsp3) is 0.833. The monoisotopic (exact) mass is 725 g/mol. The number of quaternary nitrogens is 1. The Kier molecular flexibility index (Phi) is 33.3. The standard InChI is InChI=1S/C42H77NO8/c1-6-8-10-12-14-16-17-18-19-20-21-22-23-24-25-27-29-31-33-40(45)51-38(37-50-42(41(46)47)48-35-34-43(3,4)5)36-49-39(44)32-30-28-26-15-13-11-9-7-2/h16-17,19-20,38,42H,6-15,18,21-37H2,1-5H3/p+1/b17-16-,20-19-. The van der Waals surface area contributed by atoms with E-state index in [0.29, 0.717) is 23.9 Å². The lowest BCUT2D eigenvalue weighted by molar-refractivity contribution is -0.870. The van der Waals surface area contributed by atoms with Gasteiger partial charge in [-0.05, 0) is 44.9 Å². The van der Waals surface area contributed by atoms with Crippen molar-refractivity contribution in [2.75, 3.05) is 47.5 Å². The smallest absolute Gasteiger partial charge is 0.361 e. The number of likely N-dealkylation sites (N-methyl/N-ethyl adjacent to an activating group) is 1. The normalized spacial score (nSPS) is 13.2. The Hall–Kier alpha value is -2.23. The number of aliphatic carboxylic acids is 1. The third-order valence-corrected chi connectivity index (χ3v) is 8.71. The van der Waals surface area contributed by atoms with Crippen molar-refractivity contribution in [3.05, 3.63) is 24.3 Å². The van der Waals surface area contributed by atoms with Crippen LogP contribution < -0.4 is 0 Å². The summed E-state index contributed by atoms with van der Waals surface area (Å²) >= 11 is 0. The molecule has 0 amide bonds. The summed E-state index contributed by atoms with van der Waals surface area (Å²) < 4.78 is 22.6. The van der Waals surface area contributed by atoms with E-state index in [2.05, 4.69) is 38.2 Å². The molecule has 0 bridgehead atoms. The second-order valence-corrected chi connectivity index (χ2v) is 14.9. The van der Waals surface area contributed by atoms with E-state index in [-0.39, 0.29) is 32.2 Å². The van der Waals surface area contributed by atoms with Crippen LogP contribution in [0.2, 0.25) is 0 Å². The molecule has 0 aliphatic heterocycles. The summed E-state index contributed by atoms with van der Waals surface area (Å²) in [5.41, 5.74) is 0. The molecule has 2 atom stereocenters. The summed E-state index contributed by atoms with van der Waals surface area (Å²) in [6.07, 6.45) is 32.4. The van der Waals surface area contributed by atoms with E-state index in [1.807, 2.05) is 21.1 Å². The third-order valence-electron chi connectivity index (χ3n) is 8.71. The van der Waals surface area contributed by atoms with Crippen molar-refractivity contribution in [1.29, 1.82) is 0 Å². The Labute approximate surface area is 312 Å². The van der Waals surface area contributed by atoms with Crippen LogP contribution in [0.1, 0.15) is 168 Å². The first kappa shape index (κ1) is 48.8. The maximum absolute atomic E-state index is 12.7. The number of hydrogen-bond donors (Lipinski definition) is 1. The highest BCUT2D eigenvalue weighted by Gasteiger charge is 2.25. The van der Waals surface area contributed by atoms with E-state index >= 15 is 0 Å². The van der Waals surface area contributed by atoms with E-state index in [9.17, 15) is 19.5 Å². The molecule has 51 heavy (non-hydrogen) atoms. The lowest BCUT2D eigenvalue weighted by Crippen LogP contribution is -2.40. The fourth-order valence-corrected chi connectivity index (χ4v) is 5.45. The number of esters is 2. The van der Waals surface area contributed by atoms with E-state index in [0.717, 1.165) is 51.4 Å². The van der Waals surface area contributed by atoms with Gasteiger partial charge in [0.05, 0.1) is 34.4 Å². The number of ether oxygens (including phenoxy) is 4. The molecule has 0 aromatic heterocycles. The van der Waals surface area contributed by atoms with Crippen LogP contribution in [0.4, 0.5) is 0 Å². The van der Waals surface area contributed by atoms with Gasteiger partial charge in [0.2, 0.25) is 0 Å². The zero-order valence-corrected chi connectivity index (χ0v) is 33.5. The molecule has 0 aliphatic rings. The quantitative estimate of drug-likeness (QED) is 0.0222. The minimum Gasteiger partial charge on any atom is -0.477 e. The molecule has 0 saturated carbocycles. The third kappa shape index (κ3) is 35.9. The minimum absolute atomic E-state index is 0.183. The molecule has 0 rings (SSSR count). The maximum atomic E-state index is 12.7. The van der Waals surface area contributed by atoms with Gasteiger partial charge in [-0.25, -0.2) is 4.79 Å². The number of carboxylic acid groups (broad SMARTS) is 1. The van der Waals surface area contributed by atoms with E-state index in [1.54, 1.807) is 0 Å². The lowest BCUT2D eigenvalue weighted by atomic mass is 10.1. The van der Waals surface area contributed by atoms with Gasteiger partial charge >= 0.3 is 17.9 Å². The molecule has 0 radical (unpaired) electrons. The zero-order valence-electron chi connectivity index (χ0n) is 33.5. The number of allylic oxidation sites excluding steroid dienone is 4. The molecule has 0 saturated heterocycles. The van der Waals surface area contributed by atoms with Crippen molar-refractivity contribution in [1.82, 2.24) is 0 Å². The van der Waals surface area contributed by atoms with Gasteiger partial charge in [-0.3, -0.25) is 9.59 Å². The molecule has 0 aromatic rings. The topological polar surface area (TPSA) is 108 Å². The summed E-state index contributed by atoms with van der Waals surface area (Å²) in [6, 6.07) is 0. The number of rotatable bonds is 37. The molecule has 298 valence electrons. The van der Waals surface area contributed by atoms with Crippen LogP contribution in [0.3, 0.4) is 0 Å². The largest absolute Gasteiger partial charge is 0.477 e. The van der Waals surface area contributed by atoms with Crippen molar-refractivity contribution in [3.8, 4) is 0 Å². The molecular weight excluding hydrogens is 646 g/mol. The molecular formula is C42H78NO8+. The zero-order chi connectivity index (χ0) is 37.8. The molecule has 0 heterocycles. The van der Waals surface area contributed by atoms with E-state index in [4.69, 9.17) is 18.9 Å². The van der Waals surface area contributed by atoms with Crippen molar-refractivity contribution < 1.29 is 42.9 Å². The Morgan fingerprint density at radius 3 is 1.57 bits per heavy atom. The Morgan fingerprint density at radius 2 is 1.06 bits per heavy atom. The summed E-state index contributed by atoms with van der Waals surface area (Å²) in [7, 11) is 5.94. The summed E-state index contributed by atoms with van der Waals surface area (Å²) in [4.78, 5) is 36.8. The molecule has 2 unspecified atom stereocenters. The Morgan fingerprint density at radius 1 is 0.588 bits per heavy atom. The second-order valence-electron chi connectivity index (χ2n) is 14.9. The number of unbranched alkanes of at least 4 members (excludes halogenated alkanes) is 18. The van der Waals surface area contributed by atoms with Crippen molar-refractivity contribution in [3.63, 3.8) is 0 Å². The first-order valence-electron chi connectivity index (χ1n) is 20.5. The van der Waals surface area contributed by atoms with Crippen LogP contribution in [-0.4, -0.2) is 87.4 Å². The van der Waals surface area contributed by atoms with Gasteiger partial charge in [0.1, 0.15) is 13.2 Å². The van der Waals surface area contributed by atoms with Gasteiger partial charge in [0.15, 0.2) is 6.10 Å². The van der Waals surface area contributed by atoms with Gasteiger partial charge < -0.3 is 28.5 Å². The second kappa shape index (κ2) is 34.8. The van der Waals surface area contributed by atoms with Gasteiger partial charge in [-0.15, -0.1) is 0 Å². The highest BCUT2D eigenvalue weighted by atomic mass is 16.7. The van der Waals surface area contributed by atoms with Crippen molar-refractivity contribution >= 4 is 17.9 Å². The minimum atomic E-state index is -1.51. The number of carbonyl (C=O) groups is 3. The van der Waals surface area contributed by atoms with Gasteiger partial charge in [-0.2, -0.15) is 0 Å².